The molecule has 0 aliphatic rings. The molecule has 0 spiro atoms. The smallest absolute Gasteiger partial charge is 0.254 e. The Bertz CT molecular complexity index is 660. The summed E-state index contributed by atoms with van der Waals surface area (Å²) in [7, 11) is 0. The summed E-state index contributed by atoms with van der Waals surface area (Å²) in [6, 6.07) is 11.3. The SMILES string of the molecule is CC(Cc1ccccc1Cl)NC(=O)c1ccc(N)cc1F. The van der Waals surface area contributed by atoms with Crippen LogP contribution in [0, 0.1) is 5.82 Å². The van der Waals surface area contributed by atoms with Crippen LogP contribution in [-0.2, 0) is 6.42 Å². The predicted octanol–water partition coefficient (Wildman–Crippen LogP) is 3.42. The Morgan fingerprint density at radius 3 is 2.71 bits per heavy atom. The zero-order chi connectivity index (χ0) is 15.4. The third kappa shape index (κ3) is 3.95. The van der Waals surface area contributed by atoms with Gasteiger partial charge in [-0.1, -0.05) is 29.8 Å². The molecule has 0 heterocycles. The molecule has 0 aliphatic heterocycles. The molecule has 0 bridgehead atoms. The molecule has 0 saturated heterocycles. The van der Waals surface area contributed by atoms with E-state index in [0.717, 1.165) is 11.6 Å². The minimum absolute atomic E-state index is 0.0183. The van der Waals surface area contributed by atoms with Crippen molar-refractivity contribution in [2.24, 2.45) is 0 Å². The number of carbonyl (C=O) groups is 1. The third-order valence-electron chi connectivity index (χ3n) is 3.10. The van der Waals surface area contributed by atoms with Gasteiger partial charge >= 0.3 is 0 Å². The first-order valence-corrected chi connectivity index (χ1v) is 6.94. The number of halogens is 2. The van der Waals surface area contributed by atoms with Gasteiger partial charge in [-0.3, -0.25) is 4.79 Å². The summed E-state index contributed by atoms with van der Waals surface area (Å²) in [4.78, 5) is 12.0. The molecule has 2 rings (SSSR count). The largest absolute Gasteiger partial charge is 0.399 e. The molecule has 1 atom stereocenters. The zero-order valence-electron chi connectivity index (χ0n) is 11.6. The second-order valence-electron chi connectivity index (χ2n) is 4.91. The van der Waals surface area contributed by atoms with E-state index in [1.165, 1.54) is 12.1 Å². The molecule has 0 radical (unpaired) electrons. The molecule has 1 unspecified atom stereocenters. The molecule has 0 aromatic heterocycles. The lowest BCUT2D eigenvalue weighted by Crippen LogP contribution is -2.34. The first-order chi connectivity index (χ1) is 9.97. The number of rotatable bonds is 4. The molecule has 21 heavy (non-hydrogen) atoms. The van der Waals surface area contributed by atoms with Crippen molar-refractivity contribution in [2.45, 2.75) is 19.4 Å². The Labute approximate surface area is 127 Å². The predicted molar refractivity (Wildman–Crippen MR) is 82.9 cm³/mol. The minimum Gasteiger partial charge on any atom is -0.399 e. The number of nitrogen functional groups attached to an aromatic ring is 1. The number of anilines is 1. The molecule has 5 heteroatoms. The highest BCUT2D eigenvalue weighted by Gasteiger charge is 2.15. The van der Waals surface area contributed by atoms with E-state index >= 15 is 0 Å². The van der Waals surface area contributed by atoms with Crippen LogP contribution >= 0.6 is 11.6 Å². The fraction of sp³-hybridized carbons (Fsp3) is 0.188. The van der Waals surface area contributed by atoms with Crippen molar-refractivity contribution in [3.8, 4) is 0 Å². The number of hydrogen-bond donors (Lipinski definition) is 2. The Morgan fingerprint density at radius 2 is 2.05 bits per heavy atom. The quantitative estimate of drug-likeness (QED) is 0.850. The van der Waals surface area contributed by atoms with Gasteiger partial charge in [-0.2, -0.15) is 0 Å². The van der Waals surface area contributed by atoms with Crippen molar-refractivity contribution in [1.82, 2.24) is 5.32 Å². The highest BCUT2D eigenvalue weighted by Crippen LogP contribution is 2.17. The first-order valence-electron chi connectivity index (χ1n) is 6.56. The summed E-state index contributed by atoms with van der Waals surface area (Å²) >= 11 is 6.08. The van der Waals surface area contributed by atoms with E-state index in [0.29, 0.717) is 11.4 Å². The van der Waals surface area contributed by atoms with Gasteiger partial charge in [0.25, 0.3) is 5.91 Å². The van der Waals surface area contributed by atoms with E-state index in [9.17, 15) is 9.18 Å². The minimum atomic E-state index is -0.627. The number of carbonyl (C=O) groups excluding carboxylic acids is 1. The molecule has 0 saturated carbocycles. The Kier molecular flexibility index (Phi) is 4.81. The van der Waals surface area contributed by atoms with E-state index in [2.05, 4.69) is 5.32 Å². The normalized spacial score (nSPS) is 12.0. The van der Waals surface area contributed by atoms with Crippen LogP contribution in [0.25, 0.3) is 0 Å². The second kappa shape index (κ2) is 6.59. The van der Waals surface area contributed by atoms with Crippen LogP contribution < -0.4 is 11.1 Å². The maximum atomic E-state index is 13.7. The average Bonchev–Trinajstić information content (AvgIpc) is 2.41. The van der Waals surface area contributed by atoms with Gasteiger partial charge < -0.3 is 11.1 Å². The van der Waals surface area contributed by atoms with Crippen molar-refractivity contribution >= 4 is 23.2 Å². The van der Waals surface area contributed by atoms with Crippen LogP contribution in [0.4, 0.5) is 10.1 Å². The molecule has 0 fully saturated rings. The van der Waals surface area contributed by atoms with Gasteiger partial charge in [-0.25, -0.2) is 4.39 Å². The van der Waals surface area contributed by atoms with Gasteiger partial charge in [-0.15, -0.1) is 0 Å². The lowest BCUT2D eigenvalue weighted by molar-refractivity contribution is 0.0936. The molecule has 2 aromatic carbocycles. The van der Waals surface area contributed by atoms with Gasteiger partial charge in [-0.05, 0) is 43.2 Å². The number of benzene rings is 2. The summed E-state index contributed by atoms with van der Waals surface area (Å²) in [5.41, 5.74) is 6.66. The summed E-state index contributed by atoms with van der Waals surface area (Å²) in [5, 5.41) is 3.40. The third-order valence-corrected chi connectivity index (χ3v) is 3.47. The number of amides is 1. The Hall–Kier alpha value is -2.07. The maximum Gasteiger partial charge on any atom is 0.254 e. The monoisotopic (exact) mass is 306 g/mol. The van der Waals surface area contributed by atoms with Gasteiger partial charge in [0, 0.05) is 16.8 Å². The topological polar surface area (TPSA) is 55.1 Å². The molecule has 3 nitrogen and oxygen atoms in total. The number of nitrogens with two attached hydrogens (primary N) is 1. The fourth-order valence-corrected chi connectivity index (χ4v) is 2.27. The fourth-order valence-electron chi connectivity index (χ4n) is 2.06. The van der Waals surface area contributed by atoms with E-state index < -0.39 is 11.7 Å². The van der Waals surface area contributed by atoms with Crippen LogP contribution in [0.3, 0.4) is 0 Å². The van der Waals surface area contributed by atoms with E-state index in [1.54, 1.807) is 6.07 Å². The zero-order valence-corrected chi connectivity index (χ0v) is 12.3. The van der Waals surface area contributed by atoms with Crippen molar-refractivity contribution in [1.29, 1.82) is 0 Å². The van der Waals surface area contributed by atoms with Crippen LogP contribution in [0.5, 0.6) is 0 Å². The second-order valence-corrected chi connectivity index (χ2v) is 5.32. The first kappa shape index (κ1) is 15.3. The van der Waals surface area contributed by atoms with Crippen LogP contribution in [0.2, 0.25) is 5.02 Å². The highest BCUT2D eigenvalue weighted by molar-refractivity contribution is 6.31. The van der Waals surface area contributed by atoms with Crippen molar-refractivity contribution < 1.29 is 9.18 Å². The molecule has 110 valence electrons. The molecular weight excluding hydrogens is 291 g/mol. The Morgan fingerprint density at radius 1 is 1.33 bits per heavy atom. The lowest BCUT2D eigenvalue weighted by atomic mass is 10.1. The maximum absolute atomic E-state index is 13.7. The summed E-state index contributed by atoms with van der Waals surface area (Å²) in [5.74, 6) is -1.09. The van der Waals surface area contributed by atoms with Crippen molar-refractivity contribution in [2.75, 3.05) is 5.73 Å². The van der Waals surface area contributed by atoms with Crippen LogP contribution in [-0.4, -0.2) is 11.9 Å². The number of nitrogens with one attached hydrogen (secondary N) is 1. The van der Waals surface area contributed by atoms with Gasteiger partial charge in [0.1, 0.15) is 5.82 Å². The van der Waals surface area contributed by atoms with Gasteiger partial charge in [0.05, 0.1) is 5.56 Å². The molecule has 3 N–H and O–H groups in total. The molecule has 2 aromatic rings. The average molecular weight is 307 g/mol. The summed E-state index contributed by atoms with van der Waals surface area (Å²) in [6.07, 6.45) is 0.571. The van der Waals surface area contributed by atoms with Gasteiger partial charge in [0.15, 0.2) is 0 Å². The van der Waals surface area contributed by atoms with Crippen molar-refractivity contribution in [3.63, 3.8) is 0 Å². The summed E-state index contributed by atoms with van der Waals surface area (Å²) < 4.78 is 13.7. The van der Waals surface area contributed by atoms with E-state index in [1.807, 2.05) is 25.1 Å². The van der Waals surface area contributed by atoms with Crippen molar-refractivity contribution in [3.05, 3.63) is 64.4 Å². The molecule has 0 aliphatic carbocycles. The van der Waals surface area contributed by atoms with Gasteiger partial charge in [0.2, 0.25) is 0 Å². The lowest BCUT2D eigenvalue weighted by Gasteiger charge is -2.15. The summed E-state index contributed by atoms with van der Waals surface area (Å²) in [6.45, 7) is 1.84. The standard InChI is InChI=1S/C16H16ClFN2O/c1-10(8-11-4-2-3-5-14(11)17)20-16(21)13-7-6-12(19)9-15(13)18/h2-7,9-10H,8,19H2,1H3,(H,20,21). The highest BCUT2D eigenvalue weighted by atomic mass is 35.5. The van der Waals surface area contributed by atoms with Crippen LogP contribution in [0.1, 0.15) is 22.8 Å². The van der Waals surface area contributed by atoms with E-state index in [-0.39, 0.29) is 17.3 Å². The number of hydrogen-bond acceptors (Lipinski definition) is 2. The van der Waals surface area contributed by atoms with E-state index in [4.69, 9.17) is 17.3 Å². The Balaban J connectivity index is 2.04. The molecular formula is C16H16ClFN2O. The van der Waals surface area contributed by atoms with Crippen LogP contribution in [0.15, 0.2) is 42.5 Å². The molecule has 1 amide bonds.